The molecule has 2 fully saturated rings. The van der Waals surface area contributed by atoms with Gasteiger partial charge >= 0.3 is 0 Å². The Morgan fingerprint density at radius 2 is 2.14 bits per heavy atom. The summed E-state index contributed by atoms with van der Waals surface area (Å²) in [4.78, 5) is 2.52. The number of hydrogen-bond acceptors (Lipinski definition) is 1. The third-order valence-corrected chi connectivity index (χ3v) is 4.31. The summed E-state index contributed by atoms with van der Waals surface area (Å²) in [5.74, 6) is 1.03. The van der Waals surface area contributed by atoms with Crippen molar-refractivity contribution in [1.82, 2.24) is 4.90 Å². The Balaban J connectivity index is 1.87. The quantitative estimate of drug-likeness (QED) is 0.664. The second-order valence-corrected chi connectivity index (χ2v) is 5.27. The summed E-state index contributed by atoms with van der Waals surface area (Å²) in [7, 11) is 0. The van der Waals surface area contributed by atoms with E-state index in [0.29, 0.717) is 5.41 Å². The SMILES string of the molecule is C=C(CC)N1CCC2(CC(CC)C2)C1. The highest BCUT2D eigenvalue weighted by Gasteiger charge is 2.47. The Labute approximate surface area is 88.2 Å². The summed E-state index contributed by atoms with van der Waals surface area (Å²) in [5, 5.41) is 0. The minimum absolute atomic E-state index is 0.707. The lowest BCUT2D eigenvalue weighted by atomic mass is 9.61. The molecule has 0 amide bonds. The van der Waals surface area contributed by atoms with Crippen LogP contribution in [0.1, 0.15) is 46.0 Å². The van der Waals surface area contributed by atoms with Gasteiger partial charge in [0.15, 0.2) is 0 Å². The molecule has 0 aromatic rings. The second kappa shape index (κ2) is 3.60. The van der Waals surface area contributed by atoms with Crippen LogP contribution in [0.5, 0.6) is 0 Å². The van der Waals surface area contributed by atoms with Gasteiger partial charge in [-0.05, 0) is 37.0 Å². The lowest BCUT2D eigenvalue weighted by Gasteiger charge is -2.45. The molecule has 1 aliphatic carbocycles. The van der Waals surface area contributed by atoms with Crippen LogP contribution in [-0.4, -0.2) is 18.0 Å². The van der Waals surface area contributed by atoms with Gasteiger partial charge in [0.2, 0.25) is 0 Å². The van der Waals surface area contributed by atoms with Gasteiger partial charge in [0.1, 0.15) is 0 Å². The van der Waals surface area contributed by atoms with Crippen LogP contribution in [0, 0.1) is 11.3 Å². The van der Waals surface area contributed by atoms with Gasteiger partial charge in [0, 0.05) is 18.8 Å². The zero-order valence-electron chi connectivity index (χ0n) is 9.68. The highest BCUT2D eigenvalue weighted by Crippen LogP contribution is 2.53. The highest BCUT2D eigenvalue weighted by atomic mass is 15.2. The minimum Gasteiger partial charge on any atom is -0.375 e. The molecule has 1 saturated carbocycles. The van der Waals surface area contributed by atoms with E-state index < -0.39 is 0 Å². The van der Waals surface area contributed by atoms with Crippen molar-refractivity contribution in [1.29, 1.82) is 0 Å². The van der Waals surface area contributed by atoms with Gasteiger partial charge in [-0.25, -0.2) is 0 Å². The Morgan fingerprint density at radius 1 is 1.43 bits per heavy atom. The van der Waals surface area contributed by atoms with Gasteiger partial charge in [0.25, 0.3) is 0 Å². The highest BCUT2D eigenvalue weighted by molar-refractivity contribution is 5.05. The first kappa shape index (κ1) is 10.1. The molecule has 14 heavy (non-hydrogen) atoms. The van der Waals surface area contributed by atoms with Crippen LogP contribution in [0.2, 0.25) is 0 Å². The van der Waals surface area contributed by atoms with Crippen molar-refractivity contribution >= 4 is 0 Å². The fraction of sp³-hybridized carbons (Fsp3) is 0.846. The van der Waals surface area contributed by atoms with E-state index in [-0.39, 0.29) is 0 Å². The summed E-state index contributed by atoms with van der Waals surface area (Å²) < 4.78 is 0. The van der Waals surface area contributed by atoms with E-state index in [4.69, 9.17) is 0 Å². The predicted octanol–water partition coefficient (Wildman–Crippen LogP) is 3.42. The van der Waals surface area contributed by atoms with Crippen molar-refractivity contribution < 1.29 is 0 Å². The summed E-state index contributed by atoms with van der Waals surface area (Å²) in [6.07, 6.45) is 6.89. The summed E-state index contributed by atoms with van der Waals surface area (Å²) in [6.45, 7) is 11.3. The molecule has 0 atom stereocenters. The molecule has 1 heteroatoms. The van der Waals surface area contributed by atoms with Crippen LogP contribution in [0.15, 0.2) is 12.3 Å². The summed E-state index contributed by atoms with van der Waals surface area (Å²) in [6, 6.07) is 0. The number of allylic oxidation sites excluding steroid dienone is 1. The molecule has 1 saturated heterocycles. The van der Waals surface area contributed by atoms with E-state index in [9.17, 15) is 0 Å². The summed E-state index contributed by atoms with van der Waals surface area (Å²) in [5.41, 5.74) is 2.06. The van der Waals surface area contributed by atoms with Crippen LogP contribution >= 0.6 is 0 Å². The first-order valence-corrected chi connectivity index (χ1v) is 6.12. The molecule has 2 rings (SSSR count). The van der Waals surface area contributed by atoms with Crippen molar-refractivity contribution in [2.75, 3.05) is 13.1 Å². The molecule has 0 radical (unpaired) electrons. The molecule has 0 unspecified atom stereocenters. The smallest absolute Gasteiger partial charge is 0.0232 e. The van der Waals surface area contributed by atoms with Gasteiger partial charge in [-0.2, -0.15) is 0 Å². The lowest BCUT2D eigenvalue weighted by Crippen LogP contribution is -2.39. The largest absolute Gasteiger partial charge is 0.375 e. The maximum atomic E-state index is 4.14. The summed E-state index contributed by atoms with van der Waals surface area (Å²) >= 11 is 0. The topological polar surface area (TPSA) is 3.24 Å². The van der Waals surface area contributed by atoms with Crippen LogP contribution in [-0.2, 0) is 0 Å². The molecule has 1 spiro atoms. The fourth-order valence-corrected chi connectivity index (χ4v) is 3.22. The van der Waals surface area contributed by atoms with Crippen LogP contribution in [0.3, 0.4) is 0 Å². The standard InChI is InChI=1S/C13H23N/c1-4-11(3)14-7-6-13(10-14)8-12(5-2)9-13/h12H,3-10H2,1-2H3. The maximum Gasteiger partial charge on any atom is 0.0232 e. The van der Waals surface area contributed by atoms with Crippen molar-refractivity contribution in [3.63, 3.8) is 0 Å². The average molecular weight is 193 g/mol. The van der Waals surface area contributed by atoms with Crippen molar-refractivity contribution in [3.8, 4) is 0 Å². The van der Waals surface area contributed by atoms with E-state index in [0.717, 1.165) is 12.3 Å². The zero-order chi connectivity index (χ0) is 10.2. The van der Waals surface area contributed by atoms with Crippen molar-refractivity contribution in [2.24, 2.45) is 11.3 Å². The molecule has 0 bridgehead atoms. The van der Waals surface area contributed by atoms with E-state index in [2.05, 4.69) is 25.3 Å². The molecule has 0 N–H and O–H groups in total. The van der Waals surface area contributed by atoms with E-state index in [1.807, 2.05) is 0 Å². The predicted molar refractivity (Wildman–Crippen MR) is 61.1 cm³/mol. The van der Waals surface area contributed by atoms with Gasteiger partial charge in [0.05, 0.1) is 0 Å². The Bertz CT molecular complexity index is 225. The number of likely N-dealkylation sites (tertiary alicyclic amines) is 1. The van der Waals surface area contributed by atoms with Crippen molar-refractivity contribution in [3.05, 3.63) is 12.3 Å². The molecule has 2 aliphatic rings. The normalized spacial score (nSPS) is 36.1. The first-order valence-electron chi connectivity index (χ1n) is 6.12. The Kier molecular flexibility index (Phi) is 2.59. The molecule has 0 aromatic heterocycles. The first-order chi connectivity index (χ1) is 6.69. The third kappa shape index (κ3) is 1.57. The van der Waals surface area contributed by atoms with Crippen LogP contribution in [0.25, 0.3) is 0 Å². The molecule has 1 nitrogen and oxygen atoms in total. The van der Waals surface area contributed by atoms with Gasteiger partial charge in [-0.15, -0.1) is 0 Å². The molecule has 1 aliphatic heterocycles. The zero-order valence-corrected chi connectivity index (χ0v) is 9.68. The minimum atomic E-state index is 0.707. The number of rotatable bonds is 3. The van der Waals surface area contributed by atoms with E-state index in [1.165, 1.54) is 44.5 Å². The lowest BCUT2D eigenvalue weighted by molar-refractivity contribution is 0.0643. The second-order valence-electron chi connectivity index (χ2n) is 5.27. The monoisotopic (exact) mass is 193 g/mol. The number of hydrogen-bond donors (Lipinski definition) is 0. The molecular formula is C13H23N. The Morgan fingerprint density at radius 3 is 2.71 bits per heavy atom. The molecular weight excluding hydrogens is 170 g/mol. The fourth-order valence-electron chi connectivity index (χ4n) is 3.22. The van der Waals surface area contributed by atoms with Gasteiger partial charge in [-0.1, -0.05) is 26.8 Å². The van der Waals surface area contributed by atoms with Crippen LogP contribution in [0.4, 0.5) is 0 Å². The number of nitrogens with zero attached hydrogens (tertiary/aromatic N) is 1. The maximum absolute atomic E-state index is 4.14. The van der Waals surface area contributed by atoms with Gasteiger partial charge < -0.3 is 4.90 Å². The molecule has 1 heterocycles. The van der Waals surface area contributed by atoms with E-state index >= 15 is 0 Å². The Hall–Kier alpha value is -0.460. The molecule has 80 valence electrons. The van der Waals surface area contributed by atoms with Gasteiger partial charge in [-0.3, -0.25) is 0 Å². The van der Waals surface area contributed by atoms with Crippen molar-refractivity contribution in [2.45, 2.75) is 46.0 Å². The third-order valence-electron chi connectivity index (χ3n) is 4.31. The molecule has 0 aromatic carbocycles. The van der Waals surface area contributed by atoms with Crippen LogP contribution < -0.4 is 0 Å². The van der Waals surface area contributed by atoms with E-state index in [1.54, 1.807) is 0 Å². The average Bonchev–Trinajstić information content (AvgIpc) is 2.58.